The molecular weight excluding hydrogens is 338 g/mol. The van der Waals surface area contributed by atoms with Crippen molar-refractivity contribution in [1.82, 2.24) is 5.32 Å². The fraction of sp³-hybridized carbons (Fsp3) is 0.211. The standard InChI is InChI=1S/C19H19NO4S/c1-14(21)20-12-11-16-8-9-18(25-16)17(22)13-24-19(23)10-7-15-5-3-2-4-6-15/h2-10H,11-13H2,1H3,(H,20,21)/b10-7+. The first kappa shape index (κ1) is 18.6. The van der Waals surface area contributed by atoms with Gasteiger partial charge in [0, 0.05) is 24.4 Å². The molecule has 5 nitrogen and oxygen atoms in total. The Morgan fingerprint density at radius 2 is 1.88 bits per heavy atom. The SMILES string of the molecule is CC(=O)NCCc1ccc(C(=O)COC(=O)/C=C/c2ccccc2)s1. The summed E-state index contributed by atoms with van der Waals surface area (Å²) >= 11 is 1.34. The van der Waals surface area contributed by atoms with Gasteiger partial charge in [-0.2, -0.15) is 0 Å². The molecule has 0 aliphatic heterocycles. The van der Waals surface area contributed by atoms with Crippen molar-refractivity contribution >= 4 is 35.1 Å². The number of esters is 1. The van der Waals surface area contributed by atoms with E-state index < -0.39 is 5.97 Å². The second kappa shape index (κ2) is 9.54. The summed E-state index contributed by atoms with van der Waals surface area (Å²) in [5, 5.41) is 2.71. The molecular formula is C19H19NO4S. The van der Waals surface area contributed by atoms with Gasteiger partial charge in [0.25, 0.3) is 0 Å². The first-order valence-electron chi connectivity index (χ1n) is 7.81. The minimum absolute atomic E-state index is 0.0803. The van der Waals surface area contributed by atoms with E-state index in [0.29, 0.717) is 17.8 Å². The first-order chi connectivity index (χ1) is 12.0. The van der Waals surface area contributed by atoms with Crippen LogP contribution >= 0.6 is 11.3 Å². The number of hydrogen-bond acceptors (Lipinski definition) is 5. The molecule has 2 aromatic rings. The molecule has 130 valence electrons. The first-order valence-corrected chi connectivity index (χ1v) is 8.62. The predicted octanol–water partition coefficient (Wildman–Crippen LogP) is 2.87. The second-order valence-electron chi connectivity index (χ2n) is 5.27. The molecule has 0 aliphatic carbocycles. The summed E-state index contributed by atoms with van der Waals surface area (Å²) in [5.74, 6) is -0.875. The average Bonchev–Trinajstić information content (AvgIpc) is 3.07. The number of rotatable bonds is 8. The van der Waals surface area contributed by atoms with E-state index in [1.165, 1.54) is 24.3 Å². The molecule has 1 N–H and O–H groups in total. The molecule has 1 aromatic heterocycles. The zero-order valence-electron chi connectivity index (χ0n) is 13.9. The topological polar surface area (TPSA) is 72.5 Å². The van der Waals surface area contributed by atoms with E-state index in [1.54, 1.807) is 12.1 Å². The van der Waals surface area contributed by atoms with Crippen molar-refractivity contribution < 1.29 is 19.1 Å². The Bertz CT molecular complexity index is 765. The lowest BCUT2D eigenvalue weighted by Gasteiger charge is -2.00. The largest absolute Gasteiger partial charge is 0.454 e. The van der Waals surface area contributed by atoms with Crippen molar-refractivity contribution in [3.05, 3.63) is 63.9 Å². The average molecular weight is 357 g/mol. The highest BCUT2D eigenvalue weighted by Gasteiger charge is 2.11. The van der Waals surface area contributed by atoms with Crippen molar-refractivity contribution in [2.24, 2.45) is 0 Å². The van der Waals surface area contributed by atoms with Gasteiger partial charge in [-0.05, 0) is 30.2 Å². The maximum atomic E-state index is 12.1. The zero-order chi connectivity index (χ0) is 18.1. The Hall–Kier alpha value is -2.73. The Labute approximate surface area is 150 Å². The second-order valence-corrected chi connectivity index (χ2v) is 6.44. The highest BCUT2D eigenvalue weighted by Crippen LogP contribution is 2.17. The van der Waals surface area contributed by atoms with Crippen LogP contribution in [0.25, 0.3) is 6.08 Å². The zero-order valence-corrected chi connectivity index (χ0v) is 14.7. The summed E-state index contributed by atoms with van der Waals surface area (Å²) in [7, 11) is 0. The molecule has 0 fully saturated rings. The molecule has 1 heterocycles. The van der Waals surface area contributed by atoms with Crippen LogP contribution in [0.2, 0.25) is 0 Å². The van der Waals surface area contributed by atoms with Crippen LogP contribution in [0.1, 0.15) is 27.0 Å². The number of amides is 1. The number of Topliss-reactive ketones (excluding diaryl/α,β-unsaturated/α-hetero) is 1. The minimum atomic E-state index is -0.556. The molecule has 0 saturated heterocycles. The molecule has 0 spiro atoms. The normalized spacial score (nSPS) is 10.6. The van der Waals surface area contributed by atoms with Gasteiger partial charge < -0.3 is 10.1 Å². The van der Waals surface area contributed by atoms with E-state index in [2.05, 4.69) is 5.32 Å². The fourth-order valence-corrected chi connectivity index (χ4v) is 2.94. The number of nitrogens with one attached hydrogen (secondary N) is 1. The summed E-state index contributed by atoms with van der Waals surface area (Å²) in [6.45, 7) is 1.70. The van der Waals surface area contributed by atoms with Gasteiger partial charge in [0.1, 0.15) is 0 Å². The van der Waals surface area contributed by atoms with Crippen LogP contribution in [0.3, 0.4) is 0 Å². The molecule has 6 heteroatoms. The summed E-state index contributed by atoms with van der Waals surface area (Å²) in [5.41, 5.74) is 0.882. The maximum absolute atomic E-state index is 12.1. The lowest BCUT2D eigenvalue weighted by molar-refractivity contribution is -0.136. The van der Waals surface area contributed by atoms with Crippen LogP contribution < -0.4 is 5.32 Å². The van der Waals surface area contributed by atoms with Gasteiger partial charge in [0.15, 0.2) is 6.61 Å². The Morgan fingerprint density at radius 3 is 2.60 bits per heavy atom. The van der Waals surface area contributed by atoms with Crippen LogP contribution in [0.15, 0.2) is 48.5 Å². The highest BCUT2D eigenvalue weighted by molar-refractivity contribution is 7.14. The molecule has 0 aliphatic rings. The number of hydrogen-bond donors (Lipinski definition) is 1. The monoisotopic (exact) mass is 357 g/mol. The van der Waals surface area contributed by atoms with Gasteiger partial charge in [-0.3, -0.25) is 9.59 Å². The van der Waals surface area contributed by atoms with Crippen molar-refractivity contribution in [1.29, 1.82) is 0 Å². The van der Waals surface area contributed by atoms with E-state index >= 15 is 0 Å². The molecule has 2 rings (SSSR count). The van der Waals surface area contributed by atoms with Crippen molar-refractivity contribution in [2.45, 2.75) is 13.3 Å². The van der Waals surface area contributed by atoms with Crippen molar-refractivity contribution in [2.75, 3.05) is 13.2 Å². The number of thiophene rings is 1. The van der Waals surface area contributed by atoms with Crippen molar-refractivity contribution in [3.8, 4) is 0 Å². The Morgan fingerprint density at radius 1 is 1.12 bits per heavy atom. The molecule has 1 amide bonds. The summed E-state index contributed by atoms with van der Waals surface area (Å²) in [6.07, 6.45) is 3.60. The molecule has 0 unspecified atom stereocenters. The van der Waals surface area contributed by atoms with Gasteiger partial charge in [-0.15, -0.1) is 11.3 Å². The van der Waals surface area contributed by atoms with Crippen LogP contribution in [0, 0.1) is 0 Å². The molecule has 0 atom stereocenters. The van der Waals surface area contributed by atoms with Gasteiger partial charge >= 0.3 is 5.97 Å². The van der Waals surface area contributed by atoms with Gasteiger partial charge in [0.2, 0.25) is 11.7 Å². The number of carbonyl (C=O) groups excluding carboxylic acids is 3. The lowest BCUT2D eigenvalue weighted by atomic mass is 10.2. The molecule has 0 radical (unpaired) electrons. The van der Waals surface area contributed by atoms with Crippen molar-refractivity contribution in [3.63, 3.8) is 0 Å². The molecule has 1 aromatic carbocycles. The van der Waals surface area contributed by atoms with Gasteiger partial charge in [-0.25, -0.2) is 4.79 Å². The lowest BCUT2D eigenvalue weighted by Crippen LogP contribution is -2.22. The van der Waals surface area contributed by atoms with E-state index in [4.69, 9.17) is 4.74 Å². The fourth-order valence-electron chi connectivity index (χ4n) is 2.01. The third-order valence-corrected chi connectivity index (χ3v) is 4.42. The Balaban J connectivity index is 1.78. The summed E-state index contributed by atoms with van der Waals surface area (Å²) < 4.78 is 4.98. The predicted molar refractivity (Wildman–Crippen MR) is 97.5 cm³/mol. The van der Waals surface area contributed by atoms with Gasteiger partial charge in [-0.1, -0.05) is 30.3 Å². The minimum Gasteiger partial charge on any atom is -0.454 e. The molecule has 0 bridgehead atoms. The maximum Gasteiger partial charge on any atom is 0.331 e. The molecule has 25 heavy (non-hydrogen) atoms. The summed E-state index contributed by atoms with van der Waals surface area (Å²) in [6, 6.07) is 12.9. The van der Waals surface area contributed by atoms with E-state index in [-0.39, 0.29) is 18.3 Å². The van der Waals surface area contributed by atoms with Crippen LogP contribution in [-0.2, 0) is 20.7 Å². The van der Waals surface area contributed by atoms with Crippen LogP contribution in [0.4, 0.5) is 0 Å². The highest BCUT2D eigenvalue weighted by atomic mass is 32.1. The number of ether oxygens (including phenoxy) is 1. The number of ketones is 1. The third kappa shape index (κ3) is 6.73. The van der Waals surface area contributed by atoms with Crippen LogP contribution in [-0.4, -0.2) is 30.8 Å². The number of carbonyl (C=O) groups is 3. The van der Waals surface area contributed by atoms with E-state index in [0.717, 1.165) is 10.4 Å². The third-order valence-electron chi connectivity index (χ3n) is 3.24. The quantitative estimate of drug-likeness (QED) is 0.448. The summed E-state index contributed by atoms with van der Waals surface area (Å²) in [4.78, 5) is 36.1. The van der Waals surface area contributed by atoms with Crippen LogP contribution in [0.5, 0.6) is 0 Å². The smallest absolute Gasteiger partial charge is 0.331 e. The van der Waals surface area contributed by atoms with Gasteiger partial charge in [0.05, 0.1) is 4.88 Å². The molecule has 0 saturated carbocycles. The Kier molecular flexibility index (Phi) is 7.10. The van der Waals surface area contributed by atoms with E-state index in [9.17, 15) is 14.4 Å². The van der Waals surface area contributed by atoms with E-state index in [1.807, 2.05) is 36.4 Å². The number of benzene rings is 1.